The summed E-state index contributed by atoms with van der Waals surface area (Å²) in [5.74, 6) is -0.345. The van der Waals surface area contributed by atoms with Crippen LogP contribution >= 0.6 is 0 Å². The third-order valence-corrected chi connectivity index (χ3v) is 4.63. The van der Waals surface area contributed by atoms with E-state index in [1.165, 1.54) is 0 Å². The summed E-state index contributed by atoms with van der Waals surface area (Å²) in [5, 5.41) is 0. The van der Waals surface area contributed by atoms with Gasteiger partial charge in [0.15, 0.2) is 11.6 Å². The first-order valence-corrected chi connectivity index (χ1v) is 8.11. The molecule has 0 saturated heterocycles. The van der Waals surface area contributed by atoms with Gasteiger partial charge >= 0.3 is 0 Å². The molecule has 3 aromatic carbocycles. The topological polar surface area (TPSA) is 43.4 Å². The summed E-state index contributed by atoms with van der Waals surface area (Å²) in [7, 11) is 1.59. The third kappa shape index (κ3) is 2.45. The number of Topliss-reactive ketones (excluding diaryl/α,β-unsaturated/α-hetero) is 2. The minimum absolute atomic E-state index is 0.135. The number of fused-ring (bicyclic) bond motifs is 1. The highest BCUT2D eigenvalue weighted by molar-refractivity contribution is 6.31. The molecule has 0 bridgehead atoms. The molecule has 1 unspecified atom stereocenters. The molecule has 122 valence electrons. The van der Waals surface area contributed by atoms with E-state index >= 15 is 0 Å². The van der Waals surface area contributed by atoms with E-state index in [2.05, 4.69) is 0 Å². The Hall–Kier alpha value is -3.20. The number of rotatable bonds is 3. The lowest BCUT2D eigenvalue weighted by Crippen LogP contribution is -2.12. The fourth-order valence-electron chi connectivity index (χ4n) is 3.40. The van der Waals surface area contributed by atoms with E-state index in [-0.39, 0.29) is 11.6 Å². The number of carbonyl (C=O) groups excluding carboxylic acids is 2. The standard InChI is InChI=1S/C22H16O3/c1-25-16-12-10-15(11-13-16)19-21(23)18-9-5-8-17(20(18)22(19)24)14-6-3-2-4-7-14/h2-13,19H,1H3. The van der Waals surface area contributed by atoms with E-state index in [0.29, 0.717) is 22.4 Å². The normalized spacial score (nSPS) is 16.0. The second-order valence-corrected chi connectivity index (χ2v) is 6.03. The molecule has 0 amide bonds. The van der Waals surface area contributed by atoms with Gasteiger partial charge in [0.25, 0.3) is 0 Å². The van der Waals surface area contributed by atoms with Crippen LogP contribution in [0.3, 0.4) is 0 Å². The fraction of sp³-hybridized carbons (Fsp3) is 0.0909. The molecule has 1 aliphatic carbocycles. The van der Waals surface area contributed by atoms with Crippen LogP contribution in [0, 0.1) is 0 Å². The summed E-state index contributed by atoms with van der Waals surface area (Å²) in [6.45, 7) is 0. The number of ketones is 2. The lowest BCUT2D eigenvalue weighted by atomic mass is 9.93. The number of methoxy groups -OCH3 is 1. The predicted octanol–water partition coefficient (Wildman–Crippen LogP) is 4.53. The van der Waals surface area contributed by atoms with E-state index < -0.39 is 5.92 Å². The molecule has 3 heteroatoms. The quantitative estimate of drug-likeness (QED) is 0.664. The summed E-state index contributed by atoms with van der Waals surface area (Å²) in [4.78, 5) is 26.0. The van der Waals surface area contributed by atoms with E-state index in [9.17, 15) is 9.59 Å². The predicted molar refractivity (Wildman–Crippen MR) is 96.3 cm³/mol. The zero-order valence-corrected chi connectivity index (χ0v) is 13.7. The highest BCUT2D eigenvalue weighted by atomic mass is 16.5. The van der Waals surface area contributed by atoms with Gasteiger partial charge in [-0.25, -0.2) is 0 Å². The van der Waals surface area contributed by atoms with Gasteiger partial charge in [-0.15, -0.1) is 0 Å². The Morgan fingerprint density at radius 3 is 2.08 bits per heavy atom. The molecular formula is C22H16O3. The van der Waals surface area contributed by atoms with Crippen LogP contribution in [0.5, 0.6) is 5.75 Å². The maximum Gasteiger partial charge on any atom is 0.179 e. The Bertz CT molecular complexity index is 956. The van der Waals surface area contributed by atoms with Gasteiger partial charge in [-0.3, -0.25) is 9.59 Å². The van der Waals surface area contributed by atoms with Crippen molar-refractivity contribution in [1.29, 1.82) is 0 Å². The van der Waals surface area contributed by atoms with Crippen molar-refractivity contribution in [1.82, 2.24) is 0 Å². The van der Waals surface area contributed by atoms with Crippen molar-refractivity contribution in [3.8, 4) is 16.9 Å². The van der Waals surface area contributed by atoms with Crippen molar-refractivity contribution in [2.24, 2.45) is 0 Å². The lowest BCUT2D eigenvalue weighted by molar-refractivity contribution is 0.0890. The van der Waals surface area contributed by atoms with Gasteiger partial charge in [0, 0.05) is 11.1 Å². The first kappa shape index (κ1) is 15.3. The molecule has 0 N–H and O–H groups in total. The Morgan fingerprint density at radius 2 is 1.40 bits per heavy atom. The summed E-state index contributed by atoms with van der Waals surface area (Å²) in [6.07, 6.45) is 0. The summed E-state index contributed by atoms with van der Waals surface area (Å²) >= 11 is 0. The first-order valence-electron chi connectivity index (χ1n) is 8.11. The van der Waals surface area contributed by atoms with Gasteiger partial charge in [0.2, 0.25) is 0 Å². The average molecular weight is 328 g/mol. The van der Waals surface area contributed by atoms with Gasteiger partial charge < -0.3 is 4.74 Å². The average Bonchev–Trinajstić information content (AvgIpc) is 2.93. The highest BCUT2D eigenvalue weighted by Gasteiger charge is 2.41. The summed E-state index contributed by atoms with van der Waals surface area (Å²) in [5.41, 5.74) is 3.49. The van der Waals surface area contributed by atoms with Crippen molar-refractivity contribution < 1.29 is 14.3 Å². The summed E-state index contributed by atoms with van der Waals surface area (Å²) in [6, 6.07) is 22.3. The van der Waals surface area contributed by atoms with Crippen LogP contribution in [0.15, 0.2) is 72.8 Å². The smallest absolute Gasteiger partial charge is 0.179 e. The van der Waals surface area contributed by atoms with E-state index in [4.69, 9.17) is 4.74 Å². The van der Waals surface area contributed by atoms with E-state index in [1.807, 2.05) is 42.5 Å². The lowest BCUT2D eigenvalue weighted by Gasteiger charge is -2.09. The van der Waals surface area contributed by atoms with E-state index in [1.54, 1.807) is 37.4 Å². The second kappa shape index (κ2) is 6.02. The fourth-order valence-corrected chi connectivity index (χ4v) is 3.40. The van der Waals surface area contributed by atoms with Gasteiger partial charge in [-0.05, 0) is 28.8 Å². The molecule has 0 fully saturated rings. The zero-order valence-electron chi connectivity index (χ0n) is 13.7. The van der Waals surface area contributed by atoms with Crippen LogP contribution in [0.1, 0.15) is 32.2 Å². The molecule has 0 aromatic heterocycles. The Balaban J connectivity index is 1.82. The molecule has 4 rings (SSSR count). The third-order valence-electron chi connectivity index (χ3n) is 4.63. The van der Waals surface area contributed by atoms with Crippen LogP contribution < -0.4 is 4.74 Å². The maximum atomic E-state index is 13.1. The van der Waals surface area contributed by atoms with Crippen LogP contribution in [0.25, 0.3) is 11.1 Å². The zero-order chi connectivity index (χ0) is 17.4. The Kier molecular flexibility index (Phi) is 3.69. The minimum Gasteiger partial charge on any atom is -0.497 e. The number of carbonyl (C=O) groups is 2. The number of hydrogen-bond acceptors (Lipinski definition) is 3. The molecule has 0 saturated carbocycles. The molecule has 1 atom stereocenters. The molecule has 3 nitrogen and oxygen atoms in total. The Morgan fingerprint density at radius 1 is 0.720 bits per heavy atom. The number of ether oxygens (including phenoxy) is 1. The summed E-state index contributed by atoms with van der Waals surface area (Å²) < 4.78 is 5.15. The molecule has 0 aliphatic heterocycles. The molecule has 0 spiro atoms. The van der Waals surface area contributed by atoms with Crippen molar-refractivity contribution in [2.75, 3.05) is 7.11 Å². The van der Waals surface area contributed by atoms with Gasteiger partial charge in [0.1, 0.15) is 11.7 Å². The van der Waals surface area contributed by atoms with Crippen molar-refractivity contribution in [3.05, 3.63) is 89.5 Å². The highest BCUT2D eigenvalue weighted by Crippen LogP contribution is 2.39. The second-order valence-electron chi connectivity index (χ2n) is 6.03. The maximum absolute atomic E-state index is 13.1. The van der Waals surface area contributed by atoms with E-state index in [0.717, 1.165) is 11.1 Å². The largest absolute Gasteiger partial charge is 0.497 e. The van der Waals surface area contributed by atoms with Crippen LogP contribution in [0.2, 0.25) is 0 Å². The minimum atomic E-state index is -0.772. The SMILES string of the molecule is COc1ccc(C2C(=O)c3cccc(-c4ccccc4)c3C2=O)cc1. The molecule has 0 radical (unpaired) electrons. The Labute approximate surface area is 145 Å². The molecule has 25 heavy (non-hydrogen) atoms. The van der Waals surface area contributed by atoms with Crippen molar-refractivity contribution >= 4 is 11.6 Å². The van der Waals surface area contributed by atoms with Gasteiger partial charge in [-0.2, -0.15) is 0 Å². The van der Waals surface area contributed by atoms with Crippen molar-refractivity contribution in [3.63, 3.8) is 0 Å². The number of benzene rings is 3. The van der Waals surface area contributed by atoms with Crippen molar-refractivity contribution in [2.45, 2.75) is 5.92 Å². The van der Waals surface area contributed by atoms with Gasteiger partial charge in [-0.1, -0.05) is 60.7 Å². The molecule has 1 aliphatic rings. The monoisotopic (exact) mass is 328 g/mol. The van der Waals surface area contributed by atoms with Crippen LogP contribution in [0.4, 0.5) is 0 Å². The molecule has 3 aromatic rings. The molecular weight excluding hydrogens is 312 g/mol. The van der Waals surface area contributed by atoms with Gasteiger partial charge in [0.05, 0.1) is 7.11 Å². The van der Waals surface area contributed by atoms with Crippen LogP contribution in [-0.4, -0.2) is 18.7 Å². The first-order chi connectivity index (χ1) is 12.2. The number of hydrogen-bond donors (Lipinski definition) is 0. The molecule has 0 heterocycles. The van der Waals surface area contributed by atoms with Crippen LogP contribution in [-0.2, 0) is 0 Å².